The average molecular weight is 541 g/mol. The smallest absolute Gasteiger partial charge is 0.325 e. The van der Waals surface area contributed by atoms with Crippen molar-refractivity contribution in [3.63, 3.8) is 0 Å². The Labute approximate surface area is 222 Å². The fourth-order valence-corrected chi connectivity index (χ4v) is 4.75. The SMILES string of the molecule is Cc1c(NC(=O)Nc2cc(C(C)(C)C)nn2-c2ccc(F)cc2)sc(C(=O)NCc2ccncc2)c1Cl. The van der Waals surface area contributed by atoms with E-state index < -0.39 is 6.03 Å². The molecule has 0 aliphatic carbocycles. The number of amides is 3. The van der Waals surface area contributed by atoms with Crippen molar-refractivity contribution in [3.05, 3.63) is 87.4 Å². The molecule has 1 aromatic carbocycles. The van der Waals surface area contributed by atoms with E-state index in [1.165, 1.54) is 12.1 Å². The fourth-order valence-electron chi connectivity index (χ4n) is 3.39. The van der Waals surface area contributed by atoms with Gasteiger partial charge in [-0.3, -0.25) is 20.4 Å². The van der Waals surface area contributed by atoms with Gasteiger partial charge < -0.3 is 5.32 Å². The van der Waals surface area contributed by atoms with Crippen LogP contribution < -0.4 is 16.0 Å². The molecule has 8 nitrogen and oxygen atoms in total. The number of nitrogens with zero attached hydrogens (tertiary/aromatic N) is 3. The number of carbonyl (C=O) groups is 2. The Morgan fingerprint density at radius 3 is 2.41 bits per heavy atom. The Hall–Kier alpha value is -3.76. The Balaban J connectivity index is 1.51. The fraction of sp³-hybridized carbons (Fsp3) is 0.231. The summed E-state index contributed by atoms with van der Waals surface area (Å²) in [4.78, 5) is 30.0. The molecule has 4 aromatic rings. The number of nitrogens with one attached hydrogen (secondary N) is 3. The van der Waals surface area contributed by atoms with E-state index in [2.05, 4.69) is 26.0 Å². The summed E-state index contributed by atoms with van der Waals surface area (Å²) >= 11 is 7.52. The predicted octanol–water partition coefficient (Wildman–Crippen LogP) is 6.30. The monoisotopic (exact) mass is 540 g/mol. The lowest BCUT2D eigenvalue weighted by atomic mass is 9.92. The van der Waals surface area contributed by atoms with Crippen molar-refractivity contribution in [2.45, 2.75) is 39.7 Å². The first-order valence-corrected chi connectivity index (χ1v) is 12.6. The Morgan fingerprint density at radius 1 is 1.08 bits per heavy atom. The molecule has 37 heavy (non-hydrogen) atoms. The molecule has 0 unspecified atom stereocenters. The molecular weight excluding hydrogens is 515 g/mol. The van der Waals surface area contributed by atoms with Crippen LogP contribution in [0.5, 0.6) is 0 Å². The van der Waals surface area contributed by atoms with Gasteiger partial charge in [-0.15, -0.1) is 11.3 Å². The third-order valence-electron chi connectivity index (χ3n) is 5.50. The summed E-state index contributed by atoms with van der Waals surface area (Å²) in [5.74, 6) is -0.304. The maximum absolute atomic E-state index is 13.5. The molecule has 0 aliphatic heterocycles. The van der Waals surface area contributed by atoms with Crippen LogP contribution >= 0.6 is 22.9 Å². The minimum Gasteiger partial charge on any atom is -0.347 e. The van der Waals surface area contributed by atoms with Crippen LogP contribution in [-0.4, -0.2) is 26.7 Å². The average Bonchev–Trinajstić information content (AvgIpc) is 3.40. The van der Waals surface area contributed by atoms with Crippen LogP contribution in [0.4, 0.5) is 20.0 Å². The summed E-state index contributed by atoms with van der Waals surface area (Å²) in [7, 11) is 0. The summed E-state index contributed by atoms with van der Waals surface area (Å²) in [6.45, 7) is 8.07. The van der Waals surface area contributed by atoms with Crippen molar-refractivity contribution in [2.75, 3.05) is 10.6 Å². The van der Waals surface area contributed by atoms with Gasteiger partial charge in [-0.05, 0) is 48.9 Å². The molecule has 0 saturated carbocycles. The number of rotatable bonds is 6. The molecular formula is C26H26ClFN6O2S. The van der Waals surface area contributed by atoms with Crippen LogP contribution in [0.2, 0.25) is 5.02 Å². The van der Waals surface area contributed by atoms with Gasteiger partial charge in [0.1, 0.15) is 21.5 Å². The molecule has 0 spiro atoms. The van der Waals surface area contributed by atoms with Gasteiger partial charge in [0.25, 0.3) is 5.91 Å². The van der Waals surface area contributed by atoms with Crippen LogP contribution in [0.15, 0.2) is 54.9 Å². The third kappa shape index (κ3) is 6.15. The number of thiophene rings is 1. The molecule has 3 amide bonds. The molecule has 3 heterocycles. The van der Waals surface area contributed by atoms with Crippen LogP contribution in [-0.2, 0) is 12.0 Å². The first kappa shape index (κ1) is 26.3. The van der Waals surface area contributed by atoms with Crippen molar-refractivity contribution in [3.8, 4) is 5.69 Å². The van der Waals surface area contributed by atoms with Gasteiger partial charge in [-0.25, -0.2) is 13.9 Å². The summed E-state index contributed by atoms with van der Waals surface area (Å²) in [5, 5.41) is 13.8. The van der Waals surface area contributed by atoms with Crippen molar-refractivity contribution in [1.29, 1.82) is 0 Å². The zero-order chi connectivity index (χ0) is 26.7. The summed E-state index contributed by atoms with van der Waals surface area (Å²) in [5.41, 5.74) is 2.54. The minimum atomic E-state index is -0.534. The molecule has 11 heteroatoms. The highest BCUT2D eigenvalue weighted by Crippen LogP contribution is 2.36. The number of aromatic nitrogens is 3. The maximum Gasteiger partial charge on any atom is 0.325 e. The highest BCUT2D eigenvalue weighted by atomic mass is 35.5. The van der Waals surface area contributed by atoms with Gasteiger partial charge in [0, 0.05) is 36.0 Å². The van der Waals surface area contributed by atoms with E-state index >= 15 is 0 Å². The van der Waals surface area contributed by atoms with E-state index in [1.54, 1.807) is 54.3 Å². The standard InChI is InChI=1S/C26H26ClFN6O2S/c1-15-21(27)22(23(35)30-14-16-9-11-29-12-10-16)37-24(15)32-25(36)31-20-13-19(26(2,3)4)33-34(20)18-7-5-17(28)6-8-18/h5-13H,14H2,1-4H3,(H,30,35)(H2,31,32,36). The second-order valence-corrected chi connectivity index (χ2v) is 10.8. The molecule has 192 valence electrons. The van der Waals surface area contributed by atoms with Crippen LogP contribution in [0, 0.1) is 12.7 Å². The zero-order valence-electron chi connectivity index (χ0n) is 20.7. The summed E-state index contributed by atoms with van der Waals surface area (Å²) in [6, 6.07) is 10.7. The second kappa shape index (κ2) is 10.7. The van der Waals surface area contributed by atoms with Gasteiger partial charge in [0.05, 0.1) is 16.4 Å². The molecule has 0 fully saturated rings. The van der Waals surface area contributed by atoms with E-state index in [9.17, 15) is 14.0 Å². The molecule has 0 radical (unpaired) electrons. The largest absolute Gasteiger partial charge is 0.347 e. The third-order valence-corrected chi connectivity index (χ3v) is 7.29. The van der Waals surface area contributed by atoms with E-state index in [4.69, 9.17) is 11.6 Å². The lowest BCUT2D eigenvalue weighted by Gasteiger charge is -2.14. The molecule has 0 saturated heterocycles. The minimum absolute atomic E-state index is 0.277. The van der Waals surface area contributed by atoms with Crippen molar-refractivity contribution in [2.24, 2.45) is 0 Å². The number of anilines is 2. The lowest BCUT2D eigenvalue weighted by molar-refractivity contribution is 0.0955. The van der Waals surface area contributed by atoms with E-state index in [0.717, 1.165) is 22.6 Å². The summed E-state index contributed by atoms with van der Waals surface area (Å²) in [6.07, 6.45) is 3.30. The van der Waals surface area contributed by atoms with Gasteiger partial charge >= 0.3 is 6.03 Å². The quantitative estimate of drug-likeness (QED) is 0.267. The van der Waals surface area contributed by atoms with Gasteiger partial charge in [-0.1, -0.05) is 32.4 Å². The van der Waals surface area contributed by atoms with Crippen molar-refractivity contribution in [1.82, 2.24) is 20.1 Å². The number of benzene rings is 1. The van der Waals surface area contributed by atoms with E-state index in [0.29, 0.717) is 33.5 Å². The topological polar surface area (TPSA) is 101 Å². The Morgan fingerprint density at radius 2 is 1.76 bits per heavy atom. The van der Waals surface area contributed by atoms with Gasteiger partial charge in [0.2, 0.25) is 0 Å². The second-order valence-electron chi connectivity index (χ2n) is 9.37. The van der Waals surface area contributed by atoms with Crippen LogP contribution in [0.25, 0.3) is 5.69 Å². The summed E-state index contributed by atoms with van der Waals surface area (Å²) < 4.78 is 15.0. The van der Waals surface area contributed by atoms with E-state index in [1.807, 2.05) is 20.8 Å². The van der Waals surface area contributed by atoms with Crippen LogP contribution in [0.3, 0.4) is 0 Å². The number of halogens is 2. The lowest BCUT2D eigenvalue weighted by Crippen LogP contribution is -2.22. The highest BCUT2D eigenvalue weighted by molar-refractivity contribution is 7.19. The number of hydrogen-bond acceptors (Lipinski definition) is 5. The molecule has 0 atom stereocenters. The van der Waals surface area contributed by atoms with Crippen LogP contribution in [0.1, 0.15) is 47.3 Å². The molecule has 3 aromatic heterocycles. The highest BCUT2D eigenvalue weighted by Gasteiger charge is 2.23. The van der Waals surface area contributed by atoms with Crippen molar-refractivity contribution < 1.29 is 14.0 Å². The molecule has 3 N–H and O–H groups in total. The molecule has 0 bridgehead atoms. The van der Waals surface area contributed by atoms with Crippen molar-refractivity contribution >= 4 is 45.7 Å². The molecule has 0 aliphatic rings. The first-order valence-electron chi connectivity index (χ1n) is 11.4. The predicted molar refractivity (Wildman–Crippen MR) is 144 cm³/mol. The van der Waals surface area contributed by atoms with Gasteiger partial charge in [-0.2, -0.15) is 5.10 Å². The van der Waals surface area contributed by atoms with E-state index in [-0.39, 0.29) is 22.2 Å². The first-order chi connectivity index (χ1) is 17.5. The van der Waals surface area contributed by atoms with Gasteiger partial charge in [0.15, 0.2) is 0 Å². The molecule has 4 rings (SSSR count). The number of pyridine rings is 1. The number of urea groups is 1. The number of hydrogen-bond donors (Lipinski definition) is 3. The maximum atomic E-state index is 13.5. The number of carbonyl (C=O) groups excluding carboxylic acids is 2. The Kier molecular flexibility index (Phi) is 7.60. The zero-order valence-corrected chi connectivity index (χ0v) is 22.3. The normalized spacial score (nSPS) is 11.3. The Bertz CT molecular complexity index is 1430.